The summed E-state index contributed by atoms with van der Waals surface area (Å²) in [5, 5.41) is 4.66. The first kappa shape index (κ1) is 16.2. The van der Waals surface area contributed by atoms with Gasteiger partial charge in [0, 0.05) is 17.3 Å². The molecule has 4 rings (SSSR count). The maximum atomic E-state index is 6.45. The average Bonchev–Trinajstić information content (AvgIpc) is 2.69. The van der Waals surface area contributed by atoms with Crippen molar-refractivity contribution >= 4 is 38.9 Å². The average molecular weight is 339 g/mol. The molecule has 4 aromatic rings. The van der Waals surface area contributed by atoms with Gasteiger partial charge >= 0.3 is 0 Å². The summed E-state index contributed by atoms with van der Waals surface area (Å²) in [6.45, 7) is 2.63. The summed E-state index contributed by atoms with van der Waals surface area (Å²) in [4.78, 5) is 6.58. The predicted octanol–water partition coefficient (Wildman–Crippen LogP) is 5.47. The van der Waals surface area contributed by atoms with Crippen LogP contribution in [0, 0.1) is 0 Å². The number of anilines is 2. The van der Waals surface area contributed by atoms with Crippen LogP contribution in [0.2, 0.25) is 0 Å². The van der Waals surface area contributed by atoms with Crippen LogP contribution in [0.5, 0.6) is 0 Å². The predicted molar refractivity (Wildman–Crippen MR) is 112 cm³/mol. The SMILES string of the molecule is CCN=C(N)N(c1cccc2ccccc12)c1cccc2ccccc12. The molecule has 4 aromatic carbocycles. The first-order chi connectivity index (χ1) is 12.8. The Hall–Kier alpha value is -3.33. The van der Waals surface area contributed by atoms with Crippen molar-refractivity contribution in [2.45, 2.75) is 6.92 Å². The van der Waals surface area contributed by atoms with Crippen LogP contribution in [0.4, 0.5) is 11.4 Å². The fourth-order valence-corrected chi connectivity index (χ4v) is 3.42. The Balaban J connectivity index is 2.03. The molecule has 0 aliphatic carbocycles. The summed E-state index contributed by atoms with van der Waals surface area (Å²) in [5.41, 5.74) is 8.52. The fourth-order valence-electron chi connectivity index (χ4n) is 3.42. The first-order valence-corrected chi connectivity index (χ1v) is 8.85. The number of fused-ring (bicyclic) bond motifs is 2. The van der Waals surface area contributed by atoms with Crippen molar-refractivity contribution in [1.29, 1.82) is 0 Å². The quantitative estimate of drug-likeness (QED) is 0.397. The van der Waals surface area contributed by atoms with Crippen LogP contribution in [-0.4, -0.2) is 12.5 Å². The third-order valence-electron chi connectivity index (χ3n) is 4.56. The number of nitrogens with zero attached hydrogens (tertiary/aromatic N) is 2. The maximum Gasteiger partial charge on any atom is 0.200 e. The lowest BCUT2D eigenvalue weighted by atomic mass is 10.0. The van der Waals surface area contributed by atoms with Gasteiger partial charge in [-0.25, -0.2) is 0 Å². The van der Waals surface area contributed by atoms with Crippen LogP contribution in [-0.2, 0) is 0 Å². The minimum atomic E-state index is 0.500. The van der Waals surface area contributed by atoms with E-state index in [0.717, 1.165) is 22.1 Å². The monoisotopic (exact) mass is 339 g/mol. The molecule has 0 fully saturated rings. The number of guanidine groups is 1. The Bertz CT molecular complexity index is 1010. The molecule has 2 N–H and O–H groups in total. The highest BCUT2D eigenvalue weighted by Gasteiger charge is 2.18. The molecule has 0 saturated carbocycles. The minimum Gasteiger partial charge on any atom is -0.369 e. The molecule has 3 heteroatoms. The number of hydrogen-bond donors (Lipinski definition) is 1. The van der Waals surface area contributed by atoms with E-state index in [1.165, 1.54) is 10.8 Å². The summed E-state index contributed by atoms with van der Waals surface area (Å²) in [6.07, 6.45) is 0. The van der Waals surface area contributed by atoms with Crippen molar-refractivity contribution in [2.24, 2.45) is 10.7 Å². The second-order valence-electron chi connectivity index (χ2n) is 6.16. The molecule has 0 saturated heterocycles. The number of benzene rings is 4. The van der Waals surface area contributed by atoms with E-state index in [9.17, 15) is 0 Å². The van der Waals surface area contributed by atoms with Crippen molar-refractivity contribution in [1.82, 2.24) is 0 Å². The molecule has 0 aromatic heterocycles. The molecule has 0 spiro atoms. The topological polar surface area (TPSA) is 41.6 Å². The third kappa shape index (κ3) is 2.78. The van der Waals surface area contributed by atoms with E-state index in [4.69, 9.17) is 5.73 Å². The Morgan fingerprint density at radius 3 is 1.69 bits per heavy atom. The van der Waals surface area contributed by atoms with Crippen LogP contribution in [0.15, 0.2) is 89.9 Å². The summed E-state index contributed by atoms with van der Waals surface area (Å²) in [6, 6.07) is 29.3. The molecule has 0 atom stereocenters. The van der Waals surface area contributed by atoms with Crippen molar-refractivity contribution in [3.8, 4) is 0 Å². The van der Waals surface area contributed by atoms with E-state index in [1.54, 1.807) is 0 Å². The van der Waals surface area contributed by atoms with Gasteiger partial charge in [0.25, 0.3) is 0 Å². The Labute approximate surface area is 153 Å². The second kappa shape index (κ2) is 6.89. The van der Waals surface area contributed by atoms with Crippen LogP contribution in [0.3, 0.4) is 0 Å². The van der Waals surface area contributed by atoms with Gasteiger partial charge in [-0.15, -0.1) is 0 Å². The molecule has 0 aliphatic heterocycles. The molecule has 0 radical (unpaired) electrons. The summed E-state index contributed by atoms with van der Waals surface area (Å²) in [5.74, 6) is 0.500. The lowest BCUT2D eigenvalue weighted by Gasteiger charge is -2.26. The lowest BCUT2D eigenvalue weighted by Crippen LogP contribution is -2.34. The third-order valence-corrected chi connectivity index (χ3v) is 4.56. The van der Waals surface area contributed by atoms with E-state index in [0.29, 0.717) is 12.5 Å². The zero-order valence-corrected chi connectivity index (χ0v) is 14.8. The number of aliphatic imine (C=N–C) groups is 1. The molecule has 0 unspecified atom stereocenters. The molecule has 0 aliphatic rings. The first-order valence-electron chi connectivity index (χ1n) is 8.85. The van der Waals surface area contributed by atoms with Gasteiger partial charge in [-0.05, 0) is 29.8 Å². The van der Waals surface area contributed by atoms with Gasteiger partial charge in [0.1, 0.15) is 0 Å². The van der Waals surface area contributed by atoms with Crippen molar-refractivity contribution in [2.75, 3.05) is 11.4 Å². The smallest absolute Gasteiger partial charge is 0.200 e. The Kier molecular flexibility index (Phi) is 4.28. The number of hydrogen-bond acceptors (Lipinski definition) is 1. The molecule has 3 nitrogen and oxygen atoms in total. The van der Waals surface area contributed by atoms with Crippen LogP contribution in [0.1, 0.15) is 6.92 Å². The van der Waals surface area contributed by atoms with E-state index in [-0.39, 0.29) is 0 Å². The molecular formula is C23H21N3. The largest absolute Gasteiger partial charge is 0.369 e. The van der Waals surface area contributed by atoms with E-state index >= 15 is 0 Å². The Morgan fingerprint density at radius 1 is 0.731 bits per heavy atom. The summed E-state index contributed by atoms with van der Waals surface area (Å²) < 4.78 is 0. The fraction of sp³-hybridized carbons (Fsp3) is 0.0870. The van der Waals surface area contributed by atoms with Gasteiger partial charge in [-0.1, -0.05) is 72.8 Å². The number of rotatable bonds is 3. The zero-order valence-electron chi connectivity index (χ0n) is 14.8. The van der Waals surface area contributed by atoms with Gasteiger partial charge in [0.2, 0.25) is 5.96 Å². The highest BCUT2D eigenvalue weighted by Crippen LogP contribution is 2.36. The van der Waals surface area contributed by atoms with Gasteiger partial charge in [0.15, 0.2) is 0 Å². The lowest BCUT2D eigenvalue weighted by molar-refractivity contribution is 1.10. The zero-order chi connectivity index (χ0) is 17.9. The number of nitrogens with two attached hydrogens (primary N) is 1. The van der Waals surface area contributed by atoms with Crippen LogP contribution in [0.25, 0.3) is 21.5 Å². The maximum absolute atomic E-state index is 6.45. The molecule has 0 heterocycles. The van der Waals surface area contributed by atoms with Crippen molar-refractivity contribution < 1.29 is 0 Å². The standard InChI is InChI=1S/C23H21N3/c1-2-25-23(24)26(21-15-7-11-17-9-3-5-13-19(17)21)22-16-8-12-18-10-4-6-14-20(18)22/h3-16H,2H2,1H3,(H2,24,25). The van der Waals surface area contributed by atoms with E-state index in [1.807, 2.05) is 6.92 Å². The Morgan fingerprint density at radius 2 is 1.19 bits per heavy atom. The van der Waals surface area contributed by atoms with Gasteiger partial charge in [-0.3, -0.25) is 9.89 Å². The van der Waals surface area contributed by atoms with Crippen LogP contribution >= 0.6 is 0 Å². The second-order valence-corrected chi connectivity index (χ2v) is 6.16. The molecule has 128 valence electrons. The summed E-state index contributed by atoms with van der Waals surface area (Å²) >= 11 is 0. The molecule has 26 heavy (non-hydrogen) atoms. The normalized spacial score (nSPS) is 11.8. The van der Waals surface area contributed by atoms with Crippen molar-refractivity contribution in [3.63, 3.8) is 0 Å². The van der Waals surface area contributed by atoms with Crippen molar-refractivity contribution in [3.05, 3.63) is 84.9 Å². The highest BCUT2D eigenvalue weighted by atomic mass is 15.3. The van der Waals surface area contributed by atoms with Gasteiger partial charge in [-0.2, -0.15) is 0 Å². The molecule has 0 bridgehead atoms. The van der Waals surface area contributed by atoms with Gasteiger partial charge in [0.05, 0.1) is 11.4 Å². The molecule has 0 amide bonds. The van der Waals surface area contributed by atoms with E-state index < -0.39 is 0 Å². The summed E-state index contributed by atoms with van der Waals surface area (Å²) in [7, 11) is 0. The van der Waals surface area contributed by atoms with Crippen LogP contribution < -0.4 is 10.6 Å². The highest BCUT2D eigenvalue weighted by molar-refractivity contribution is 6.13. The van der Waals surface area contributed by atoms with Gasteiger partial charge < -0.3 is 5.73 Å². The van der Waals surface area contributed by atoms with E-state index in [2.05, 4.69) is 94.8 Å². The minimum absolute atomic E-state index is 0.500. The molecular weight excluding hydrogens is 318 g/mol.